The van der Waals surface area contributed by atoms with Gasteiger partial charge in [0.15, 0.2) is 0 Å². The average molecular weight is 465 g/mol. The number of hydrogen-bond acceptors (Lipinski definition) is 4. The summed E-state index contributed by atoms with van der Waals surface area (Å²) in [4.78, 5) is 5.48. The van der Waals surface area contributed by atoms with Crippen LogP contribution in [-0.4, -0.2) is 72.5 Å². The zero-order valence-corrected chi connectivity index (χ0v) is 23.4. The highest BCUT2D eigenvalue weighted by Crippen LogP contribution is 2.45. The minimum atomic E-state index is 0.346. The van der Waals surface area contributed by atoms with Gasteiger partial charge in [-0.05, 0) is 90.6 Å². The lowest BCUT2D eigenvalue weighted by atomic mass is 9.68. The van der Waals surface area contributed by atoms with Gasteiger partial charge in [0.25, 0.3) is 0 Å². The van der Waals surface area contributed by atoms with Gasteiger partial charge >= 0.3 is 0 Å². The first kappa shape index (κ1) is 27.4. The van der Waals surface area contributed by atoms with Crippen LogP contribution in [0.1, 0.15) is 100 Å². The second kappa shape index (κ2) is 11.7. The monoisotopic (exact) mass is 464 g/mol. The zero-order chi connectivity index (χ0) is 24.2. The van der Waals surface area contributed by atoms with Gasteiger partial charge in [-0.3, -0.25) is 9.80 Å². The number of ether oxygens (including phenoxy) is 2. The van der Waals surface area contributed by atoms with Gasteiger partial charge in [-0.25, -0.2) is 0 Å². The van der Waals surface area contributed by atoms with Crippen LogP contribution in [0, 0.1) is 23.7 Å². The standard InChI is InChI=1S/C15H29NO.C14H27NO/c1-12(2)14-7-10-17-11-15(14)8-5-6-9-16(15)13(3)4;1-11(2)13-9-16-10-14(13)7-5-6-8-15(14)12(3)4/h12-14H,5-11H2,1-4H3;11-13H,5-10H2,1-4H3. The Morgan fingerprint density at radius 1 is 0.636 bits per heavy atom. The van der Waals surface area contributed by atoms with E-state index in [4.69, 9.17) is 9.47 Å². The maximum absolute atomic E-state index is 5.88. The second-order valence-corrected chi connectivity index (χ2v) is 12.8. The molecule has 0 aromatic carbocycles. The quantitative estimate of drug-likeness (QED) is 0.492. The van der Waals surface area contributed by atoms with Crippen LogP contribution in [-0.2, 0) is 9.47 Å². The third-order valence-electron chi connectivity index (χ3n) is 9.47. The molecule has 4 atom stereocenters. The molecule has 4 unspecified atom stereocenters. The molecule has 0 aromatic rings. The van der Waals surface area contributed by atoms with Gasteiger partial charge in [-0.15, -0.1) is 0 Å². The highest BCUT2D eigenvalue weighted by molar-refractivity contribution is 5.04. The molecule has 4 aliphatic rings. The maximum atomic E-state index is 5.88. The third-order valence-corrected chi connectivity index (χ3v) is 9.47. The highest BCUT2D eigenvalue weighted by Gasteiger charge is 2.51. The summed E-state index contributed by atoms with van der Waals surface area (Å²) < 4.78 is 11.7. The third kappa shape index (κ3) is 5.65. The van der Waals surface area contributed by atoms with E-state index in [0.29, 0.717) is 23.2 Å². The molecule has 4 rings (SSSR count). The Morgan fingerprint density at radius 3 is 1.61 bits per heavy atom. The molecule has 0 N–H and O–H groups in total. The number of hydrogen-bond donors (Lipinski definition) is 0. The van der Waals surface area contributed by atoms with Crippen LogP contribution < -0.4 is 0 Å². The molecule has 0 amide bonds. The van der Waals surface area contributed by atoms with Gasteiger partial charge < -0.3 is 9.47 Å². The van der Waals surface area contributed by atoms with E-state index < -0.39 is 0 Å². The number of rotatable bonds is 4. The molecule has 2 spiro atoms. The van der Waals surface area contributed by atoms with Crippen LogP contribution in [0.3, 0.4) is 0 Å². The molecule has 0 bridgehead atoms. The van der Waals surface area contributed by atoms with E-state index in [1.165, 1.54) is 58.0 Å². The molecule has 4 aliphatic heterocycles. The first-order chi connectivity index (χ1) is 15.7. The van der Waals surface area contributed by atoms with Gasteiger partial charge in [0.05, 0.1) is 19.8 Å². The molecule has 0 aliphatic carbocycles. The van der Waals surface area contributed by atoms with Crippen molar-refractivity contribution >= 4 is 0 Å². The van der Waals surface area contributed by atoms with Crippen molar-refractivity contribution in [3.05, 3.63) is 0 Å². The predicted molar refractivity (Wildman–Crippen MR) is 140 cm³/mol. The first-order valence-electron chi connectivity index (χ1n) is 14.3. The molecule has 0 aromatic heterocycles. The topological polar surface area (TPSA) is 24.9 Å². The normalized spacial score (nSPS) is 36.4. The molecule has 4 heterocycles. The predicted octanol–water partition coefficient (Wildman–Crippen LogP) is 6.23. The second-order valence-electron chi connectivity index (χ2n) is 12.8. The molecule has 4 heteroatoms. The highest BCUT2D eigenvalue weighted by atomic mass is 16.5. The van der Waals surface area contributed by atoms with Gasteiger partial charge in [0.1, 0.15) is 0 Å². The van der Waals surface area contributed by atoms with E-state index in [0.717, 1.165) is 50.1 Å². The van der Waals surface area contributed by atoms with Crippen LogP contribution in [0.4, 0.5) is 0 Å². The number of likely N-dealkylation sites (tertiary alicyclic amines) is 2. The van der Waals surface area contributed by atoms with Crippen molar-refractivity contribution in [1.29, 1.82) is 0 Å². The Bertz CT molecular complexity index is 564. The van der Waals surface area contributed by atoms with Crippen LogP contribution in [0.5, 0.6) is 0 Å². The SMILES string of the molecule is CC(C)C1CCOCC12CCCCN2C(C)C.CC(C)C1COCC12CCCCN2C(C)C. The Hall–Kier alpha value is -0.160. The van der Waals surface area contributed by atoms with Crippen LogP contribution in [0.2, 0.25) is 0 Å². The van der Waals surface area contributed by atoms with E-state index in [-0.39, 0.29) is 0 Å². The smallest absolute Gasteiger partial charge is 0.0654 e. The van der Waals surface area contributed by atoms with Gasteiger partial charge in [-0.1, -0.05) is 40.5 Å². The molecule has 33 heavy (non-hydrogen) atoms. The maximum Gasteiger partial charge on any atom is 0.0654 e. The average Bonchev–Trinajstić information content (AvgIpc) is 3.18. The van der Waals surface area contributed by atoms with Crippen molar-refractivity contribution < 1.29 is 9.47 Å². The van der Waals surface area contributed by atoms with Crippen molar-refractivity contribution in [2.75, 3.05) is 39.5 Å². The van der Waals surface area contributed by atoms with Crippen molar-refractivity contribution in [3.8, 4) is 0 Å². The van der Waals surface area contributed by atoms with E-state index in [9.17, 15) is 0 Å². The lowest BCUT2D eigenvalue weighted by molar-refractivity contribution is -0.129. The van der Waals surface area contributed by atoms with Crippen LogP contribution in [0.25, 0.3) is 0 Å². The van der Waals surface area contributed by atoms with Gasteiger partial charge in [0.2, 0.25) is 0 Å². The fourth-order valence-electron chi connectivity index (χ4n) is 8.04. The lowest BCUT2D eigenvalue weighted by Gasteiger charge is -2.56. The Kier molecular flexibility index (Phi) is 9.74. The van der Waals surface area contributed by atoms with Crippen LogP contribution >= 0.6 is 0 Å². The molecule has 0 saturated carbocycles. The Labute approximate surface area is 206 Å². The van der Waals surface area contributed by atoms with Crippen molar-refractivity contribution in [3.63, 3.8) is 0 Å². The first-order valence-corrected chi connectivity index (χ1v) is 14.3. The minimum absolute atomic E-state index is 0.346. The van der Waals surface area contributed by atoms with E-state index >= 15 is 0 Å². The summed E-state index contributed by atoms with van der Waals surface area (Å²) in [5, 5.41) is 0. The summed E-state index contributed by atoms with van der Waals surface area (Å²) in [5.74, 6) is 3.06. The number of nitrogens with zero attached hydrogens (tertiary/aromatic N) is 2. The summed E-state index contributed by atoms with van der Waals surface area (Å²) in [6.07, 6.45) is 9.43. The molecule has 4 saturated heterocycles. The summed E-state index contributed by atoms with van der Waals surface area (Å²) >= 11 is 0. The molecule has 4 nitrogen and oxygen atoms in total. The lowest BCUT2D eigenvalue weighted by Crippen LogP contribution is -2.64. The Morgan fingerprint density at radius 2 is 1.12 bits per heavy atom. The fourth-order valence-corrected chi connectivity index (χ4v) is 8.04. The van der Waals surface area contributed by atoms with Crippen molar-refractivity contribution in [2.24, 2.45) is 23.7 Å². The summed E-state index contributed by atoms with van der Waals surface area (Å²) in [7, 11) is 0. The molecular weight excluding hydrogens is 408 g/mol. The molecule has 0 radical (unpaired) electrons. The van der Waals surface area contributed by atoms with Crippen molar-refractivity contribution in [1.82, 2.24) is 9.80 Å². The van der Waals surface area contributed by atoms with Crippen molar-refractivity contribution in [2.45, 2.75) is 123 Å². The minimum Gasteiger partial charge on any atom is -0.380 e. The molecular formula is C29H56N2O2. The molecule has 4 fully saturated rings. The fraction of sp³-hybridized carbons (Fsp3) is 1.00. The van der Waals surface area contributed by atoms with E-state index in [1.807, 2.05) is 0 Å². The number of piperidine rings is 2. The van der Waals surface area contributed by atoms with Gasteiger partial charge in [-0.2, -0.15) is 0 Å². The summed E-state index contributed by atoms with van der Waals surface area (Å²) in [5.41, 5.74) is 0.708. The summed E-state index contributed by atoms with van der Waals surface area (Å²) in [6.45, 7) is 25.3. The largest absolute Gasteiger partial charge is 0.380 e. The Balaban J connectivity index is 0.000000186. The molecule has 194 valence electrons. The zero-order valence-electron chi connectivity index (χ0n) is 23.4. The van der Waals surface area contributed by atoms with Crippen LogP contribution in [0.15, 0.2) is 0 Å². The summed E-state index contributed by atoms with van der Waals surface area (Å²) in [6, 6.07) is 1.31. The van der Waals surface area contributed by atoms with Gasteiger partial charge in [0, 0.05) is 35.7 Å². The van der Waals surface area contributed by atoms with E-state index in [2.05, 4.69) is 65.2 Å². The van der Waals surface area contributed by atoms with E-state index in [1.54, 1.807) is 0 Å².